The summed E-state index contributed by atoms with van der Waals surface area (Å²) in [7, 11) is 0. The van der Waals surface area contributed by atoms with Gasteiger partial charge in [0.25, 0.3) is 0 Å². The van der Waals surface area contributed by atoms with Crippen LogP contribution in [0.15, 0.2) is 21.6 Å². The highest BCUT2D eigenvalue weighted by Crippen LogP contribution is 2.26. The van der Waals surface area contributed by atoms with Gasteiger partial charge in [-0.25, -0.2) is 9.97 Å². The van der Waals surface area contributed by atoms with Crippen molar-refractivity contribution < 1.29 is 0 Å². The second-order valence-corrected chi connectivity index (χ2v) is 5.83. The number of anilines is 1. The molecular weight excluding hydrogens is 348 g/mol. The zero-order valence-corrected chi connectivity index (χ0v) is 12.4. The minimum absolute atomic E-state index is 0.837. The molecule has 1 fully saturated rings. The maximum atomic E-state index is 4.58. The van der Waals surface area contributed by atoms with Crippen molar-refractivity contribution in [2.24, 2.45) is 0 Å². The first-order valence-corrected chi connectivity index (χ1v) is 7.28. The molecule has 6 heteroatoms. The van der Waals surface area contributed by atoms with E-state index in [-0.39, 0.29) is 0 Å². The van der Waals surface area contributed by atoms with Gasteiger partial charge in [0.05, 0.1) is 6.20 Å². The Kier molecular flexibility index (Phi) is 3.08. The standard InChI is InChI=1S/C11H12Br2N4/c12-8-7-17-9(13)6-14-10(17)11(15-8)16-4-2-1-3-5-16/h6-7H,1-5H2. The average Bonchev–Trinajstić information content (AvgIpc) is 2.72. The van der Waals surface area contributed by atoms with E-state index in [4.69, 9.17) is 0 Å². The number of halogens is 2. The van der Waals surface area contributed by atoms with E-state index in [1.165, 1.54) is 19.3 Å². The van der Waals surface area contributed by atoms with Gasteiger partial charge in [-0.2, -0.15) is 0 Å². The Labute approximate surface area is 116 Å². The van der Waals surface area contributed by atoms with Crippen LogP contribution < -0.4 is 4.90 Å². The highest BCUT2D eigenvalue weighted by Gasteiger charge is 2.17. The molecule has 3 rings (SSSR count). The zero-order chi connectivity index (χ0) is 11.8. The van der Waals surface area contributed by atoms with Crippen LogP contribution >= 0.6 is 31.9 Å². The van der Waals surface area contributed by atoms with E-state index in [9.17, 15) is 0 Å². The number of fused-ring (bicyclic) bond motifs is 1. The van der Waals surface area contributed by atoms with Gasteiger partial charge in [0, 0.05) is 19.3 Å². The highest BCUT2D eigenvalue weighted by atomic mass is 79.9. The van der Waals surface area contributed by atoms with Crippen LogP contribution in [-0.4, -0.2) is 27.5 Å². The number of nitrogens with zero attached hydrogens (tertiary/aromatic N) is 4. The van der Waals surface area contributed by atoms with Gasteiger partial charge in [0.1, 0.15) is 9.21 Å². The molecule has 2 aromatic heterocycles. The second kappa shape index (κ2) is 4.57. The molecular formula is C11H12Br2N4. The summed E-state index contributed by atoms with van der Waals surface area (Å²) >= 11 is 6.95. The largest absolute Gasteiger partial charge is 0.353 e. The van der Waals surface area contributed by atoms with Gasteiger partial charge in [-0.1, -0.05) is 0 Å². The molecule has 0 saturated carbocycles. The molecule has 0 spiro atoms. The van der Waals surface area contributed by atoms with Crippen molar-refractivity contribution in [2.75, 3.05) is 18.0 Å². The van der Waals surface area contributed by atoms with E-state index in [1.54, 1.807) is 0 Å². The SMILES string of the molecule is Brc1cn2c(Br)cnc2c(N2CCCCC2)n1. The van der Waals surface area contributed by atoms with Gasteiger partial charge in [0.15, 0.2) is 11.5 Å². The third-order valence-corrected chi connectivity index (χ3v) is 4.02. The van der Waals surface area contributed by atoms with Crippen molar-refractivity contribution in [2.45, 2.75) is 19.3 Å². The topological polar surface area (TPSA) is 33.4 Å². The monoisotopic (exact) mass is 358 g/mol. The van der Waals surface area contributed by atoms with E-state index < -0.39 is 0 Å². The Morgan fingerprint density at radius 3 is 2.65 bits per heavy atom. The summed E-state index contributed by atoms with van der Waals surface area (Å²) in [5.74, 6) is 0.977. The molecule has 0 amide bonds. The van der Waals surface area contributed by atoms with E-state index in [0.717, 1.165) is 33.8 Å². The number of hydrogen-bond donors (Lipinski definition) is 0. The third kappa shape index (κ3) is 2.08. The van der Waals surface area contributed by atoms with Gasteiger partial charge in [-0.05, 0) is 51.1 Å². The maximum absolute atomic E-state index is 4.58. The molecule has 2 aromatic rings. The molecule has 0 unspecified atom stereocenters. The summed E-state index contributed by atoms with van der Waals surface area (Å²) in [6.07, 6.45) is 7.54. The molecule has 1 saturated heterocycles. The third-order valence-electron chi connectivity index (χ3n) is 3.06. The minimum atomic E-state index is 0.837. The van der Waals surface area contributed by atoms with Crippen LogP contribution in [0.4, 0.5) is 5.82 Å². The van der Waals surface area contributed by atoms with Crippen LogP contribution in [0.5, 0.6) is 0 Å². The molecule has 4 nitrogen and oxygen atoms in total. The zero-order valence-electron chi connectivity index (χ0n) is 9.24. The molecule has 3 heterocycles. The lowest BCUT2D eigenvalue weighted by atomic mass is 10.1. The quantitative estimate of drug-likeness (QED) is 0.783. The van der Waals surface area contributed by atoms with Crippen molar-refractivity contribution in [3.63, 3.8) is 0 Å². The molecule has 0 aromatic carbocycles. The predicted molar refractivity (Wildman–Crippen MR) is 74.5 cm³/mol. The Morgan fingerprint density at radius 2 is 1.88 bits per heavy atom. The first-order valence-electron chi connectivity index (χ1n) is 5.70. The average molecular weight is 360 g/mol. The first-order chi connectivity index (χ1) is 8.25. The van der Waals surface area contributed by atoms with Crippen LogP contribution in [0.3, 0.4) is 0 Å². The number of hydrogen-bond acceptors (Lipinski definition) is 3. The summed E-state index contributed by atoms with van der Waals surface area (Å²) < 4.78 is 3.80. The van der Waals surface area contributed by atoms with Gasteiger partial charge < -0.3 is 4.90 Å². The predicted octanol–water partition coefficient (Wildman–Crippen LogP) is 3.24. The molecule has 0 aliphatic carbocycles. The molecule has 0 N–H and O–H groups in total. The fourth-order valence-electron chi connectivity index (χ4n) is 2.23. The van der Waals surface area contributed by atoms with Crippen LogP contribution in [0.1, 0.15) is 19.3 Å². The molecule has 1 aliphatic rings. The Balaban J connectivity index is 2.13. The lowest BCUT2D eigenvalue weighted by Gasteiger charge is -2.27. The van der Waals surface area contributed by atoms with Crippen molar-refractivity contribution >= 4 is 43.3 Å². The number of rotatable bonds is 1. The van der Waals surface area contributed by atoms with Crippen molar-refractivity contribution in [1.29, 1.82) is 0 Å². The molecule has 90 valence electrons. The van der Waals surface area contributed by atoms with Crippen LogP contribution in [0.25, 0.3) is 5.65 Å². The van der Waals surface area contributed by atoms with E-state index >= 15 is 0 Å². The normalized spacial score (nSPS) is 16.7. The number of imidazole rings is 1. The minimum Gasteiger partial charge on any atom is -0.353 e. The highest BCUT2D eigenvalue weighted by molar-refractivity contribution is 9.10. The van der Waals surface area contributed by atoms with E-state index in [2.05, 4.69) is 46.7 Å². The summed E-state index contributed by atoms with van der Waals surface area (Å²) in [4.78, 5) is 11.3. The first kappa shape index (κ1) is 11.5. The van der Waals surface area contributed by atoms with Crippen molar-refractivity contribution in [3.8, 4) is 0 Å². The van der Waals surface area contributed by atoms with Crippen LogP contribution in [-0.2, 0) is 0 Å². The Bertz CT molecular complexity index is 546. The number of piperidine rings is 1. The molecule has 0 radical (unpaired) electrons. The van der Waals surface area contributed by atoms with Crippen LogP contribution in [0.2, 0.25) is 0 Å². The molecule has 0 atom stereocenters. The number of aromatic nitrogens is 3. The van der Waals surface area contributed by atoms with Crippen molar-refractivity contribution in [1.82, 2.24) is 14.4 Å². The fraction of sp³-hybridized carbons (Fsp3) is 0.455. The maximum Gasteiger partial charge on any atom is 0.181 e. The van der Waals surface area contributed by atoms with E-state index in [0.29, 0.717) is 0 Å². The van der Waals surface area contributed by atoms with E-state index in [1.807, 2.05) is 16.8 Å². The second-order valence-electron chi connectivity index (χ2n) is 4.21. The summed E-state index contributed by atoms with van der Waals surface area (Å²) in [5.41, 5.74) is 0.918. The molecule has 17 heavy (non-hydrogen) atoms. The lowest BCUT2D eigenvalue weighted by Crippen LogP contribution is -2.30. The summed E-state index contributed by atoms with van der Waals surface area (Å²) in [6.45, 7) is 2.15. The summed E-state index contributed by atoms with van der Waals surface area (Å²) in [5, 5.41) is 0. The lowest BCUT2D eigenvalue weighted by molar-refractivity contribution is 0.573. The van der Waals surface area contributed by atoms with Gasteiger partial charge >= 0.3 is 0 Å². The molecule has 0 bridgehead atoms. The van der Waals surface area contributed by atoms with Crippen LogP contribution in [0, 0.1) is 0 Å². The van der Waals surface area contributed by atoms with Crippen molar-refractivity contribution in [3.05, 3.63) is 21.6 Å². The van der Waals surface area contributed by atoms with Gasteiger partial charge in [-0.15, -0.1) is 0 Å². The Morgan fingerprint density at radius 1 is 1.12 bits per heavy atom. The Hall–Kier alpha value is -0.620. The molecule has 1 aliphatic heterocycles. The van der Waals surface area contributed by atoms with Gasteiger partial charge in [-0.3, -0.25) is 4.40 Å². The summed E-state index contributed by atoms with van der Waals surface area (Å²) in [6, 6.07) is 0. The fourth-order valence-corrected chi connectivity index (χ4v) is 2.98. The smallest absolute Gasteiger partial charge is 0.181 e. The van der Waals surface area contributed by atoms with Gasteiger partial charge in [0.2, 0.25) is 0 Å².